The Balaban J connectivity index is 2.65. The zero-order valence-electron chi connectivity index (χ0n) is 8.64. The molecule has 2 heteroatoms. The second-order valence-electron chi connectivity index (χ2n) is 3.83. The fraction of sp³-hybridized carbons (Fsp3) is 0.727. The molecule has 1 heterocycles. The quantitative estimate of drug-likeness (QED) is 0.650. The van der Waals surface area contributed by atoms with Crippen LogP contribution in [0.25, 0.3) is 0 Å². The van der Waals surface area contributed by atoms with Crippen LogP contribution in [0.5, 0.6) is 0 Å². The third-order valence-corrected chi connectivity index (χ3v) is 2.56. The van der Waals surface area contributed by atoms with Gasteiger partial charge in [0, 0.05) is 18.8 Å². The van der Waals surface area contributed by atoms with Crippen molar-refractivity contribution in [3.8, 4) is 6.07 Å². The predicted octanol–water partition coefficient (Wildman–Crippen LogP) is 2.68. The van der Waals surface area contributed by atoms with Crippen LogP contribution in [0.3, 0.4) is 0 Å². The first-order valence-electron chi connectivity index (χ1n) is 5.04. The lowest BCUT2D eigenvalue weighted by Gasteiger charge is -2.31. The first kappa shape index (κ1) is 10.1. The maximum absolute atomic E-state index is 8.71. The van der Waals surface area contributed by atoms with Gasteiger partial charge in [0.15, 0.2) is 0 Å². The van der Waals surface area contributed by atoms with Crippen molar-refractivity contribution in [2.24, 2.45) is 0 Å². The molecule has 0 amide bonds. The Bertz CT molecular complexity index is 225. The van der Waals surface area contributed by atoms with Gasteiger partial charge < -0.3 is 4.90 Å². The summed E-state index contributed by atoms with van der Waals surface area (Å²) in [5, 5.41) is 8.71. The van der Waals surface area contributed by atoms with Crippen LogP contribution in [0.15, 0.2) is 11.3 Å². The molecular formula is C11H18N2. The molecule has 0 aromatic heterocycles. The van der Waals surface area contributed by atoms with Crippen molar-refractivity contribution in [3.63, 3.8) is 0 Å². The topological polar surface area (TPSA) is 27.0 Å². The number of hydrogen-bond acceptors (Lipinski definition) is 2. The average Bonchev–Trinajstić information content (AvgIpc) is 2.15. The summed E-state index contributed by atoms with van der Waals surface area (Å²) in [6.45, 7) is 6.48. The predicted molar refractivity (Wildman–Crippen MR) is 54.0 cm³/mol. The molecule has 72 valence electrons. The van der Waals surface area contributed by atoms with E-state index in [1.165, 1.54) is 30.5 Å². The third kappa shape index (κ3) is 2.77. The first-order valence-corrected chi connectivity index (χ1v) is 5.04. The molecule has 0 saturated carbocycles. The number of nitriles is 1. The van der Waals surface area contributed by atoms with E-state index < -0.39 is 0 Å². The van der Waals surface area contributed by atoms with Crippen LogP contribution in [0.1, 0.15) is 39.5 Å². The summed E-state index contributed by atoms with van der Waals surface area (Å²) in [6, 6.07) is 2.25. The van der Waals surface area contributed by atoms with E-state index in [0.29, 0.717) is 6.42 Å². The maximum Gasteiger partial charge on any atom is 0.0750 e. The van der Waals surface area contributed by atoms with Crippen LogP contribution in [0, 0.1) is 11.3 Å². The fourth-order valence-corrected chi connectivity index (χ4v) is 1.84. The molecule has 13 heavy (non-hydrogen) atoms. The highest BCUT2D eigenvalue weighted by Crippen LogP contribution is 2.19. The summed E-state index contributed by atoms with van der Waals surface area (Å²) >= 11 is 0. The Kier molecular flexibility index (Phi) is 3.82. The molecule has 1 rings (SSSR count). The van der Waals surface area contributed by atoms with E-state index in [-0.39, 0.29) is 0 Å². The Morgan fingerprint density at radius 3 is 2.31 bits per heavy atom. The molecular weight excluding hydrogens is 160 g/mol. The molecule has 0 atom stereocenters. The zero-order valence-corrected chi connectivity index (χ0v) is 8.64. The number of hydrogen-bond donors (Lipinski definition) is 0. The van der Waals surface area contributed by atoms with Crippen molar-refractivity contribution >= 4 is 0 Å². The average molecular weight is 178 g/mol. The standard InChI is InChI=1S/C11H18N2/c1-10(2)11(6-7-12)13-8-4-3-5-9-13/h3-6,8-9H2,1-2H3. The largest absolute Gasteiger partial charge is 0.374 e. The SMILES string of the molecule is CC(C)=C(CC#N)N1CCCCC1. The van der Waals surface area contributed by atoms with Gasteiger partial charge in [-0.25, -0.2) is 0 Å². The van der Waals surface area contributed by atoms with Crippen molar-refractivity contribution in [2.75, 3.05) is 13.1 Å². The normalized spacial score (nSPS) is 16.5. The summed E-state index contributed by atoms with van der Waals surface area (Å²) < 4.78 is 0. The van der Waals surface area contributed by atoms with Crippen LogP contribution in [0.4, 0.5) is 0 Å². The van der Waals surface area contributed by atoms with Gasteiger partial charge in [-0.3, -0.25) is 0 Å². The van der Waals surface area contributed by atoms with Crippen LogP contribution in [0.2, 0.25) is 0 Å². The van der Waals surface area contributed by atoms with Crippen LogP contribution >= 0.6 is 0 Å². The molecule has 0 aromatic rings. The molecule has 0 aromatic carbocycles. The highest BCUT2D eigenvalue weighted by atomic mass is 15.1. The second-order valence-corrected chi connectivity index (χ2v) is 3.83. The van der Waals surface area contributed by atoms with E-state index in [1.807, 2.05) is 0 Å². The fourth-order valence-electron chi connectivity index (χ4n) is 1.84. The van der Waals surface area contributed by atoms with Gasteiger partial charge in [0.05, 0.1) is 12.5 Å². The Morgan fingerprint density at radius 2 is 1.85 bits per heavy atom. The monoisotopic (exact) mass is 178 g/mol. The molecule has 0 spiro atoms. The summed E-state index contributed by atoms with van der Waals surface area (Å²) in [6.07, 6.45) is 4.48. The van der Waals surface area contributed by atoms with Crippen molar-refractivity contribution in [3.05, 3.63) is 11.3 Å². The molecule has 0 bridgehead atoms. The van der Waals surface area contributed by atoms with Crippen molar-refractivity contribution in [1.29, 1.82) is 5.26 Å². The Hall–Kier alpha value is -0.970. The Labute approximate surface area is 80.8 Å². The molecule has 0 radical (unpaired) electrons. The first-order chi connectivity index (χ1) is 6.25. The number of allylic oxidation sites excluding steroid dienone is 2. The second kappa shape index (κ2) is 4.91. The van der Waals surface area contributed by atoms with Crippen molar-refractivity contribution in [1.82, 2.24) is 4.90 Å². The molecule has 1 saturated heterocycles. The molecule has 2 nitrogen and oxygen atoms in total. The van der Waals surface area contributed by atoms with Gasteiger partial charge in [-0.05, 0) is 33.1 Å². The zero-order chi connectivity index (χ0) is 9.68. The highest BCUT2D eigenvalue weighted by molar-refractivity contribution is 5.13. The van der Waals surface area contributed by atoms with Crippen LogP contribution in [-0.4, -0.2) is 18.0 Å². The molecule has 1 aliphatic heterocycles. The molecule has 0 N–H and O–H groups in total. The van der Waals surface area contributed by atoms with Gasteiger partial charge >= 0.3 is 0 Å². The van der Waals surface area contributed by atoms with Gasteiger partial charge in [0.1, 0.15) is 0 Å². The minimum absolute atomic E-state index is 0.572. The summed E-state index contributed by atoms with van der Waals surface area (Å²) in [7, 11) is 0. The number of piperidine rings is 1. The maximum atomic E-state index is 8.71. The Morgan fingerprint density at radius 1 is 1.23 bits per heavy atom. The minimum atomic E-state index is 0.572. The highest BCUT2D eigenvalue weighted by Gasteiger charge is 2.13. The summed E-state index contributed by atoms with van der Waals surface area (Å²) in [5.74, 6) is 0. The number of nitrogens with zero attached hydrogens (tertiary/aromatic N) is 2. The molecule has 0 aliphatic carbocycles. The lowest BCUT2D eigenvalue weighted by atomic mass is 10.1. The van der Waals surface area contributed by atoms with E-state index in [9.17, 15) is 0 Å². The number of rotatable bonds is 2. The molecule has 1 aliphatic rings. The van der Waals surface area contributed by atoms with E-state index in [0.717, 1.165) is 13.1 Å². The van der Waals surface area contributed by atoms with Gasteiger partial charge in [-0.2, -0.15) is 5.26 Å². The summed E-state index contributed by atoms with van der Waals surface area (Å²) in [4.78, 5) is 2.38. The molecule has 1 fully saturated rings. The summed E-state index contributed by atoms with van der Waals surface area (Å²) in [5.41, 5.74) is 2.55. The van der Waals surface area contributed by atoms with Crippen LogP contribution in [-0.2, 0) is 0 Å². The van der Waals surface area contributed by atoms with Gasteiger partial charge in [-0.15, -0.1) is 0 Å². The van der Waals surface area contributed by atoms with Crippen molar-refractivity contribution in [2.45, 2.75) is 39.5 Å². The minimum Gasteiger partial charge on any atom is -0.374 e. The lowest BCUT2D eigenvalue weighted by Crippen LogP contribution is -2.29. The molecule has 0 unspecified atom stereocenters. The van der Waals surface area contributed by atoms with Gasteiger partial charge in [-0.1, -0.05) is 5.57 Å². The van der Waals surface area contributed by atoms with Crippen molar-refractivity contribution < 1.29 is 0 Å². The van der Waals surface area contributed by atoms with Gasteiger partial charge in [0.2, 0.25) is 0 Å². The van der Waals surface area contributed by atoms with E-state index >= 15 is 0 Å². The number of likely N-dealkylation sites (tertiary alicyclic amines) is 1. The lowest BCUT2D eigenvalue weighted by molar-refractivity contribution is 0.279. The van der Waals surface area contributed by atoms with E-state index in [1.54, 1.807) is 0 Å². The van der Waals surface area contributed by atoms with E-state index in [4.69, 9.17) is 5.26 Å². The van der Waals surface area contributed by atoms with Gasteiger partial charge in [0.25, 0.3) is 0 Å². The third-order valence-electron chi connectivity index (χ3n) is 2.56. The smallest absolute Gasteiger partial charge is 0.0750 e. The van der Waals surface area contributed by atoms with E-state index in [2.05, 4.69) is 24.8 Å². The van der Waals surface area contributed by atoms with Crippen LogP contribution < -0.4 is 0 Å².